The molecule has 34 heavy (non-hydrogen) atoms. The molecular weight excluding hydrogens is 484 g/mol. The molecule has 2 rings (SSSR count). The summed E-state index contributed by atoms with van der Waals surface area (Å²) in [6.45, 7) is 6.29. The minimum absolute atomic E-state index is 0.241. The minimum atomic E-state index is -1.39. The van der Waals surface area contributed by atoms with Crippen molar-refractivity contribution in [1.29, 1.82) is 0 Å². The third kappa shape index (κ3) is 7.38. The van der Waals surface area contributed by atoms with E-state index in [4.69, 9.17) is 23.7 Å². The minimum Gasteiger partial charge on any atom is -0.467 e. The molecule has 1 saturated heterocycles. The van der Waals surface area contributed by atoms with E-state index < -0.39 is 54.4 Å². The molecule has 0 radical (unpaired) electrons. The molecule has 1 fully saturated rings. The van der Waals surface area contributed by atoms with Crippen LogP contribution in [0.15, 0.2) is 30.3 Å². The maximum absolute atomic E-state index is 13.0. The quantitative estimate of drug-likeness (QED) is 0.261. The number of ether oxygens (including phenoxy) is 5. The first-order chi connectivity index (χ1) is 16.2. The van der Waals surface area contributed by atoms with Crippen LogP contribution in [-0.2, 0) is 38.1 Å². The number of hydrogen-bond acceptors (Lipinski definition) is 11. The second-order valence-corrected chi connectivity index (χ2v) is 10.3. The summed E-state index contributed by atoms with van der Waals surface area (Å²) in [5, 5.41) is 0. The van der Waals surface area contributed by atoms with Crippen molar-refractivity contribution in [1.82, 2.24) is 0 Å². The summed E-state index contributed by atoms with van der Waals surface area (Å²) >= 11 is 3.08. The van der Waals surface area contributed by atoms with Crippen molar-refractivity contribution in [2.24, 2.45) is 0 Å². The Balaban J connectivity index is 2.58. The highest BCUT2D eigenvalue weighted by atomic mass is 32.2. The Labute approximate surface area is 207 Å². The second kappa shape index (κ2) is 13.6. The number of carbonyl (C=O) groups excluding carboxylic acids is 4. The topological polar surface area (TPSA) is 114 Å². The molecule has 1 aliphatic rings. The monoisotopic (exact) mass is 514 g/mol. The standard InChI is InChI=1S/C23H30O9S2/c1-6-33-23(34-7-2)20-18(30-14(4)25)16(32-21(26)15-11-9-8-10-12-15)17(29-13(3)24)19(31-20)22(27)28-5/h8-12,16-20,23H,6-7H2,1-5H3/t16-,17-,18-,19-,20+/m0/s1. The lowest BCUT2D eigenvalue weighted by Crippen LogP contribution is -2.65. The maximum atomic E-state index is 13.0. The summed E-state index contributed by atoms with van der Waals surface area (Å²) in [5.74, 6) is -1.47. The zero-order chi connectivity index (χ0) is 25.3. The fourth-order valence-corrected chi connectivity index (χ4v) is 6.18. The summed E-state index contributed by atoms with van der Waals surface area (Å²) in [6.07, 6.45) is -6.10. The van der Waals surface area contributed by atoms with Crippen molar-refractivity contribution in [3.63, 3.8) is 0 Å². The summed E-state index contributed by atoms with van der Waals surface area (Å²) in [6, 6.07) is 8.19. The molecule has 0 amide bonds. The summed E-state index contributed by atoms with van der Waals surface area (Å²) < 4.78 is 27.4. The first-order valence-corrected chi connectivity index (χ1v) is 12.9. The SMILES string of the molecule is CCSC(SCC)[C@@H]1O[C@H](C(=O)OC)[C@@H](OC(C)=O)[C@H](OC(=O)c2ccccc2)[C@@H]1OC(C)=O. The Hall–Kier alpha value is -2.24. The summed E-state index contributed by atoms with van der Waals surface area (Å²) in [4.78, 5) is 49.7. The largest absolute Gasteiger partial charge is 0.467 e. The lowest BCUT2D eigenvalue weighted by atomic mass is 9.94. The molecule has 0 N–H and O–H groups in total. The fourth-order valence-electron chi connectivity index (χ4n) is 3.51. The van der Waals surface area contributed by atoms with Crippen LogP contribution in [0, 0.1) is 0 Å². The van der Waals surface area contributed by atoms with Gasteiger partial charge in [0.2, 0.25) is 0 Å². The van der Waals surface area contributed by atoms with Gasteiger partial charge in [0.1, 0.15) is 6.10 Å². The van der Waals surface area contributed by atoms with Crippen LogP contribution in [0.25, 0.3) is 0 Å². The molecule has 5 atom stereocenters. The Kier molecular flexibility index (Phi) is 11.2. The Morgan fingerprint density at radius 2 is 1.44 bits per heavy atom. The molecule has 1 aromatic carbocycles. The number of methoxy groups -OCH3 is 1. The first kappa shape index (κ1) is 28.0. The van der Waals surface area contributed by atoms with Crippen LogP contribution in [0.5, 0.6) is 0 Å². The van der Waals surface area contributed by atoms with E-state index in [0.717, 1.165) is 18.4 Å². The van der Waals surface area contributed by atoms with Crippen molar-refractivity contribution >= 4 is 47.4 Å². The Morgan fingerprint density at radius 3 is 1.94 bits per heavy atom. The van der Waals surface area contributed by atoms with E-state index in [9.17, 15) is 19.2 Å². The van der Waals surface area contributed by atoms with Crippen molar-refractivity contribution < 1.29 is 42.9 Å². The number of carbonyl (C=O) groups is 4. The van der Waals surface area contributed by atoms with Gasteiger partial charge in [-0.1, -0.05) is 32.0 Å². The van der Waals surface area contributed by atoms with E-state index in [1.807, 2.05) is 13.8 Å². The first-order valence-electron chi connectivity index (χ1n) is 10.8. The van der Waals surface area contributed by atoms with E-state index in [1.54, 1.807) is 30.3 Å². The zero-order valence-electron chi connectivity index (χ0n) is 19.8. The lowest BCUT2D eigenvalue weighted by Gasteiger charge is -2.45. The van der Waals surface area contributed by atoms with E-state index in [0.29, 0.717) is 0 Å². The highest BCUT2D eigenvalue weighted by Gasteiger charge is 2.56. The molecule has 1 aromatic rings. The molecular formula is C23H30O9S2. The van der Waals surface area contributed by atoms with Crippen molar-refractivity contribution in [2.45, 2.75) is 62.8 Å². The van der Waals surface area contributed by atoms with Crippen LogP contribution < -0.4 is 0 Å². The molecule has 0 saturated carbocycles. The molecule has 0 spiro atoms. The van der Waals surface area contributed by atoms with Gasteiger partial charge >= 0.3 is 23.9 Å². The molecule has 11 heteroatoms. The van der Waals surface area contributed by atoms with Crippen LogP contribution >= 0.6 is 23.5 Å². The molecule has 0 aromatic heterocycles. The van der Waals surface area contributed by atoms with Crippen molar-refractivity contribution in [3.05, 3.63) is 35.9 Å². The number of rotatable bonds is 10. The third-order valence-electron chi connectivity index (χ3n) is 4.79. The molecule has 0 bridgehead atoms. The lowest BCUT2D eigenvalue weighted by molar-refractivity contribution is -0.239. The van der Waals surface area contributed by atoms with E-state index in [1.165, 1.54) is 37.6 Å². The molecule has 9 nitrogen and oxygen atoms in total. The number of benzene rings is 1. The van der Waals surface area contributed by atoms with Crippen molar-refractivity contribution in [3.8, 4) is 0 Å². The summed E-state index contributed by atoms with van der Waals surface area (Å²) in [5.41, 5.74) is 0.241. The van der Waals surface area contributed by atoms with Crippen LogP contribution in [-0.4, -0.2) is 77.6 Å². The van der Waals surface area contributed by atoms with E-state index in [2.05, 4.69) is 0 Å². The van der Waals surface area contributed by atoms with Crippen molar-refractivity contribution in [2.75, 3.05) is 18.6 Å². The Bertz CT molecular complexity index is 842. The predicted octanol–water partition coefficient (Wildman–Crippen LogP) is 2.85. The number of esters is 4. The van der Waals surface area contributed by atoms with Gasteiger partial charge < -0.3 is 23.7 Å². The maximum Gasteiger partial charge on any atom is 0.339 e. The summed E-state index contributed by atoms with van der Waals surface area (Å²) in [7, 11) is 1.17. The van der Waals surface area contributed by atoms with Gasteiger partial charge in [-0.25, -0.2) is 9.59 Å². The fraction of sp³-hybridized carbons (Fsp3) is 0.565. The van der Waals surface area contributed by atoms with Gasteiger partial charge in [0.05, 0.1) is 17.3 Å². The molecule has 0 unspecified atom stereocenters. The normalized spacial score (nSPS) is 24.2. The van der Waals surface area contributed by atoms with Gasteiger partial charge in [0.15, 0.2) is 24.4 Å². The van der Waals surface area contributed by atoms with Crippen LogP contribution in [0.4, 0.5) is 0 Å². The van der Waals surface area contributed by atoms with Gasteiger partial charge in [-0.2, -0.15) is 0 Å². The highest BCUT2D eigenvalue weighted by Crippen LogP contribution is 2.38. The van der Waals surface area contributed by atoms with E-state index in [-0.39, 0.29) is 10.1 Å². The molecule has 1 heterocycles. The number of hydrogen-bond donors (Lipinski definition) is 0. The molecule has 1 aliphatic heterocycles. The zero-order valence-corrected chi connectivity index (χ0v) is 21.4. The second-order valence-electron chi connectivity index (χ2n) is 7.21. The van der Waals surface area contributed by atoms with Gasteiger partial charge in [-0.15, -0.1) is 23.5 Å². The van der Waals surface area contributed by atoms with Gasteiger partial charge in [0.25, 0.3) is 0 Å². The van der Waals surface area contributed by atoms with E-state index >= 15 is 0 Å². The van der Waals surface area contributed by atoms with Gasteiger partial charge in [0, 0.05) is 13.8 Å². The Morgan fingerprint density at radius 1 is 0.882 bits per heavy atom. The molecule has 0 aliphatic carbocycles. The number of thioether (sulfide) groups is 2. The van der Waals surface area contributed by atoms with Crippen LogP contribution in [0.3, 0.4) is 0 Å². The average Bonchev–Trinajstić information content (AvgIpc) is 2.80. The average molecular weight is 515 g/mol. The predicted molar refractivity (Wildman–Crippen MR) is 127 cm³/mol. The van der Waals surface area contributed by atoms with Gasteiger partial charge in [-0.05, 0) is 23.6 Å². The van der Waals surface area contributed by atoms with Gasteiger partial charge in [-0.3, -0.25) is 9.59 Å². The van der Waals surface area contributed by atoms with Crippen LogP contribution in [0.1, 0.15) is 38.1 Å². The highest BCUT2D eigenvalue weighted by molar-refractivity contribution is 8.17. The smallest absolute Gasteiger partial charge is 0.339 e. The third-order valence-corrected chi connectivity index (χ3v) is 7.47. The molecule has 188 valence electrons. The van der Waals surface area contributed by atoms with Crippen LogP contribution in [0.2, 0.25) is 0 Å².